The number of rotatable bonds is 7. The molecule has 1 amide bonds. The van der Waals surface area contributed by atoms with Crippen LogP contribution in [0, 0.1) is 0 Å². The van der Waals surface area contributed by atoms with E-state index in [9.17, 15) is 9.59 Å². The standard InChI is InChI=1S/C15H19NO3/c1-2-3-4-5-13(17)10-11-16-15(19)12-6-8-14(18)9-7-12/h6-11,18H,2-5H2,1H3,(H,16,19)/b11-10-. The summed E-state index contributed by atoms with van der Waals surface area (Å²) in [5, 5.41) is 11.6. The van der Waals surface area contributed by atoms with Crippen molar-refractivity contribution < 1.29 is 14.7 Å². The summed E-state index contributed by atoms with van der Waals surface area (Å²) in [5.74, 6) is -0.185. The minimum atomic E-state index is -0.308. The number of nitrogens with one attached hydrogen (secondary N) is 1. The molecule has 4 heteroatoms. The van der Waals surface area contributed by atoms with E-state index in [1.807, 2.05) is 0 Å². The van der Waals surface area contributed by atoms with Gasteiger partial charge in [0.15, 0.2) is 5.78 Å². The zero-order chi connectivity index (χ0) is 14.1. The van der Waals surface area contributed by atoms with Crippen molar-refractivity contribution in [2.45, 2.75) is 32.6 Å². The van der Waals surface area contributed by atoms with Crippen molar-refractivity contribution in [2.24, 2.45) is 0 Å². The molecule has 0 radical (unpaired) electrons. The number of aromatic hydroxyl groups is 1. The van der Waals surface area contributed by atoms with Gasteiger partial charge in [-0.1, -0.05) is 19.8 Å². The van der Waals surface area contributed by atoms with Crippen LogP contribution in [0.3, 0.4) is 0 Å². The molecule has 4 nitrogen and oxygen atoms in total. The van der Waals surface area contributed by atoms with Crippen LogP contribution in [0.5, 0.6) is 5.75 Å². The molecule has 2 N–H and O–H groups in total. The third kappa shape index (κ3) is 5.86. The summed E-state index contributed by atoms with van der Waals surface area (Å²) in [4.78, 5) is 23.1. The Balaban J connectivity index is 2.37. The van der Waals surface area contributed by atoms with Gasteiger partial charge >= 0.3 is 0 Å². The molecule has 0 bridgehead atoms. The zero-order valence-electron chi connectivity index (χ0n) is 11.1. The predicted octanol–water partition coefficient (Wildman–Crippen LogP) is 2.79. The molecule has 1 rings (SSSR count). The van der Waals surface area contributed by atoms with Crippen molar-refractivity contribution in [3.05, 3.63) is 42.1 Å². The predicted molar refractivity (Wildman–Crippen MR) is 73.9 cm³/mol. The first-order valence-electron chi connectivity index (χ1n) is 6.42. The van der Waals surface area contributed by atoms with E-state index in [2.05, 4.69) is 12.2 Å². The fraction of sp³-hybridized carbons (Fsp3) is 0.333. The second kappa shape index (κ2) is 8.08. The first-order valence-corrected chi connectivity index (χ1v) is 6.42. The van der Waals surface area contributed by atoms with Crippen molar-refractivity contribution in [3.63, 3.8) is 0 Å². The number of phenolic OH excluding ortho intramolecular Hbond substituents is 1. The van der Waals surface area contributed by atoms with Crippen LogP contribution in [-0.2, 0) is 4.79 Å². The quantitative estimate of drug-likeness (QED) is 0.586. The lowest BCUT2D eigenvalue weighted by atomic mass is 10.1. The molecule has 0 atom stereocenters. The van der Waals surface area contributed by atoms with Crippen LogP contribution in [0.25, 0.3) is 0 Å². The Morgan fingerprint density at radius 1 is 1.21 bits per heavy atom. The van der Waals surface area contributed by atoms with Crippen LogP contribution < -0.4 is 5.32 Å². The van der Waals surface area contributed by atoms with Crippen LogP contribution in [0.2, 0.25) is 0 Å². The van der Waals surface area contributed by atoms with Gasteiger partial charge in [-0.05, 0) is 36.8 Å². The molecule has 0 aromatic heterocycles. The van der Waals surface area contributed by atoms with Crippen LogP contribution in [0.1, 0.15) is 43.0 Å². The van der Waals surface area contributed by atoms with Gasteiger partial charge in [-0.3, -0.25) is 9.59 Å². The lowest BCUT2D eigenvalue weighted by Gasteiger charge is -2.00. The average molecular weight is 261 g/mol. The minimum Gasteiger partial charge on any atom is -0.508 e. The fourth-order valence-electron chi connectivity index (χ4n) is 1.54. The maximum absolute atomic E-state index is 11.6. The van der Waals surface area contributed by atoms with Gasteiger partial charge in [-0.25, -0.2) is 0 Å². The van der Waals surface area contributed by atoms with Crippen molar-refractivity contribution in [1.82, 2.24) is 5.32 Å². The number of allylic oxidation sites excluding steroid dienone is 1. The van der Waals surface area contributed by atoms with Crippen LogP contribution >= 0.6 is 0 Å². The fourth-order valence-corrected chi connectivity index (χ4v) is 1.54. The lowest BCUT2D eigenvalue weighted by molar-refractivity contribution is -0.114. The van der Waals surface area contributed by atoms with Gasteiger partial charge in [0.1, 0.15) is 5.75 Å². The number of carbonyl (C=O) groups is 2. The van der Waals surface area contributed by atoms with Crippen LogP contribution in [0.15, 0.2) is 36.5 Å². The Hall–Kier alpha value is -2.10. The second-order valence-corrected chi connectivity index (χ2v) is 4.28. The van der Waals surface area contributed by atoms with E-state index in [0.29, 0.717) is 12.0 Å². The maximum atomic E-state index is 11.6. The number of phenols is 1. The summed E-state index contributed by atoms with van der Waals surface area (Å²) in [5.41, 5.74) is 0.431. The molecule has 0 heterocycles. The molecule has 0 aliphatic carbocycles. The molecular weight excluding hydrogens is 242 g/mol. The minimum absolute atomic E-state index is 0.0134. The highest BCUT2D eigenvalue weighted by Gasteiger charge is 2.03. The number of hydrogen-bond acceptors (Lipinski definition) is 3. The van der Waals surface area contributed by atoms with Crippen molar-refractivity contribution in [3.8, 4) is 5.75 Å². The van der Waals surface area contributed by atoms with E-state index >= 15 is 0 Å². The van der Waals surface area contributed by atoms with Crippen molar-refractivity contribution in [1.29, 1.82) is 0 Å². The van der Waals surface area contributed by atoms with E-state index in [1.165, 1.54) is 36.5 Å². The van der Waals surface area contributed by atoms with Gasteiger partial charge in [0, 0.05) is 18.2 Å². The number of carbonyl (C=O) groups excluding carboxylic acids is 2. The largest absolute Gasteiger partial charge is 0.508 e. The Bertz CT molecular complexity index is 449. The molecule has 1 aromatic rings. The number of hydrogen-bond donors (Lipinski definition) is 2. The number of amides is 1. The number of ketones is 1. The molecule has 0 fully saturated rings. The highest BCUT2D eigenvalue weighted by Crippen LogP contribution is 2.09. The summed E-state index contributed by atoms with van der Waals surface area (Å²) < 4.78 is 0. The molecular formula is C15H19NO3. The lowest BCUT2D eigenvalue weighted by Crippen LogP contribution is -2.17. The average Bonchev–Trinajstić information content (AvgIpc) is 2.39. The summed E-state index contributed by atoms with van der Waals surface area (Å²) in [6.45, 7) is 2.08. The molecule has 1 aromatic carbocycles. The molecule has 19 heavy (non-hydrogen) atoms. The van der Waals surface area contributed by atoms with E-state index in [4.69, 9.17) is 5.11 Å². The first-order chi connectivity index (χ1) is 9.13. The third-order valence-corrected chi connectivity index (χ3v) is 2.64. The Labute approximate surface area is 113 Å². The number of benzene rings is 1. The molecule has 0 aliphatic heterocycles. The van der Waals surface area contributed by atoms with Gasteiger partial charge < -0.3 is 10.4 Å². The highest BCUT2D eigenvalue weighted by molar-refractivity contribution is 5.96. The summed E-state index contributed by atoms with van der Waals surface area (Å²) in [6, 6.07) is 5.91. The van der Waals surface area contributed by atoms with Gasteiger partial charge in [0.2, 0.25) is 0 Å². The van der Waals surface area contributed by atoms with Gasteiger partial charge in [0.25, 0.3) is 5.91 Å². The van der Waals surface area contributed by atoms with Gasteiger partial charge in [-0.2, -0.15) is 0 Å². The molecule has 102 valence electrons. The van der Waals surface area contributed by atoms with E-state index < -0.39 is 0 Å². The normalized spacial score (nSPS) is 10.6. The zero-order valence-corrected chi connectivity index (χ0v) is 11.1. The second-order valence-electron chi connectivity index (χ2n) is 4.28. The Kier molecular flexibility index (Phi) is 6.36. The third-order valence-electron chi connectivity index (χ3n) is 2.64. The van der Waals surface area contributed by atoms with Crippen molar-refractivity contribution >= 4 is 11.7 Å². The Morgan fingerprint density at radius 3 is 2.53 bits per heavy atom. The van der Waals surface area contributed by atoms with Crippen LogP contribution in [-0.4, -0.2) is 16.8 Å². The van der Waals surface area contributed by atoms with Gasteiger partial charge in [0.05, 0.1) is 0 Å². The summed E-state index contributed by atoms with van der Waals surface area (Å²) in [6.07, 6.45) is 6.26. The smallest absolute Gasteiger partial charge is 0.255 e. The number of unbranched alkanes of at least 4 members (excludes halogenated alkanes) is 2. The Morgan fingerprint density at radius 2 is 1.89 bits per heavy atom. The summed E-state index contributed by atoms with van der Waals surface area (Å²) >= 11 is 0. The van der Waals surface area contributed by atoms with Gasteiger partial charge in [-0.15, -0.1) is 0 Å². The van der Waals surface area contributed by atoms with Crippen LogP contribution in [0.4, 0.5) is 0 Å². The first kappa shape index (κ1) is 15.0. The summed E-state index contributed by atoms with van der Waals surface area (Å²) in [7, 11) is 0. The molecule has 0 saturated heterocycles. The SMILES string of the molecule is CCCCCC(=O)/C=C\NC(=O)c1ccc(O)cc1. The molecule has 0 spiro atoms. The van der Waals surface area contributed by atoms with Crippen molar-refractivity contribution in [2.75, 3.05) is 0 Å². The topological polar surface area (TPSA) is 66.4 Å². The van der Waals surface area contributed by atoms with E-state index in [0.717, 1.165) is 19.3 Å². The van der Waals surface area contributed by atoms with E-state index in [-0.39, 0.29) is 17.4 Å². The monoisotopic (exact) mass is 261 g/mol. The van der Waals surface area contributed by atoms with E-state index in [1.54, 1.807) is 0 Å². The highest BCUT2D eigenvalue weighted by atomic mass is 16.3. The maximum Gasteiger partial charge on any atom is 0.255 e. The molecule has 0 unspecified atom stereocenters. The molecule has 0 saturated carbocycles. The molecule has 0 aliphatic rings.